The fourth-order valence-corrected chi connectivity index (χ4v) is 2.01. The summed E-state index contributed by atoms with van der Waals surface area (Å²) < 4.78 is 3.78. The highest BCUT2D eigenvalue weighted by Gasteiger charge is 1.94. The van der Waals surface area contributed by atoms with Gasteiger partial charge in [0.2, 0.25) is 6.19 Å². The Morgan fingerprint density at radius 3 is 2.92 bits per heavy atom. The first-order chi connectivity index (χ1) is 6.22. The van der Waals surface area contributed by atoms with Crippen LogP contribution < -0.4 is 0 Å². The smallest absolute Gasteiger partial charge is 0.170 e. The van der Waals surface area contributed by atoms with Crippen LogP contribution in [0.5, 0.6) is 0 Å². The van der Waals surface area contributed by atoms with Crippen LogP contribution in [0.15, 0.2) is 28.6 Å². The van der Waals surface area contributed by atoms with Crippen LogP contribution in [0.1, 0.15) is 11.1 Å². The van der Waals surface area contributed by atoms with Gasteiger partial charge in [0.1, 0.15) is 0 Å². The van der Waals surface area contributed by atoms with E-state index in [1.807, 2.05) is 18.5 Å². The molecule has 1 unspecified atom stereocenters. The van der Waals surface area contributed by atoms with Crippen molar-refractivity contribution in [1.82, 2.24) is 0 Å². The van der Waals surface area contributed by atoms with Crippen molar-refractivity contribution < 1.29 is 0 Å². The summed E-state index contributed by atoms with van der Waals surface area (Å²) in [6.45, 7) is 2.07. The normalized spacial score (nSPS) is 12.4. The minimum Gasteiger partial charge on any atom is -0.170 e. The topological polar surface area (TPSA) is 36.1 Å². The molecule has 0 spiro atoms. The average Bonchev–Trinajstić information content (AvgIpc) is 2.04. The van der Waals surface area contributed by atoms with E-state index in [4.69, 9.17) is 5.26 Å². The van der Waals surface area contributed by atoms with Gasteiger partial charge in [-0.1, -0.05) is 40.5 Å². The minimum atomic E-state index is -0.165. The second kappa shape index (κ2) is 4.78. The molecule has 0 N–H and O–H groups in total. The van der Waals surface area contributed by atoms with Gasteiger partial charge in [0.25, 0.3) is 0 Å². The summed E-state index contributed by atoms with van der Waals surface area (Å²) in [5, 5.41) is 8.36. The Hall–Kier alpha value is -1.14. The Morgan fingerprint density at radius 1 is 1.54 bits per heavy atom. The summed E-state index contributed by atoms with van der Waals surface area (Å²) in [7, 11) is -0.165. The van der Waals surface area contributed by atoms with E-state index in [1.165, 1.54) is 11.1 Å². The number of aryl methyl sites for hydroxylation is 1. The van der Waals surface area contributed by atoms with Crippen LogP contribution in [-0.4, -0.2) is 6.26 Å². The Morgan fingerprint density at radius 2 is 2.31 bits per heavy atom. The molecule has 0 aliphatic heterocycles. The average molecular weight is 192 g/mol. The molecule has 0 saturated heterocycles. The van der Waals surface area contributed by atoms with Gasteiger partial charge < -0.3 is 0 Å². The van der Waals surface area contributed by atoms with Crippen molar-refractivity contribution in [3.05, 3.63) is 35.4 Å². The molecule has 0 heterocycles. The van der Waals surface area contributed by atoms with Gasteiger partial charge in [-0.15, -0.1) is 0 Å². The zero-order valence-corrected chi connectivity index (χ0v) is 8.64. The summed E-state index contributed by atoms with van der Waals surface area (Å²) in [6.07, 6.45) is 3.82. The molecule has 1 rings (SSSR count). The monoisotopic (exact) mass is 192 g/mol. The van der Waals surface area contributed by atoms with Crippen LogP contribution >= 0.6 is 0 Å². The molecule has 0 aromatic heterocycles. The molecule has 3 heteroatoms. The molecule has 0 saturated carbocycles. The first-order valence-corrected chi connectivity index (χ1v) is 5.76. The van der Waals surface area contributed by atoms with E-state index in [0.717, 1.165) is 5.75 Å². The summed E-state index contributed by atoms with van der Waals surface area (Å²) in [4.78, 5) is 0. The summed E-state index contributed by atoms with van der Waals surface area (Å²) in [5.74, 6) is 0.870. The molecule has 0 aliphatic rings. The van der Waals surface area contributed by atoms with Crippen LogP contribution in [0.25, 0.3) is 0 Å². The number of rotatable bonds is 2. The van der Waals surface area contributed by atoms with Gasteiger partial charge in [-0.2, -0.15) is 9.62 Å². The molecule has 0 fully saturated rings. The Balaban J connectivity index is 2.76. The third-order valence-corrected chi connectivity index (χ3v) is 2.80. The van der Waals surface area contributed by atoms with Crippen molar-refractivity contribution in [3.63, 3.8) is 0 Å². The molecule has 68 valence electrons. The molecule has 1 atom stereocenters. The van der Waals surface area contributed by atoms with Gasteiger partial charge in [-0.3, -0.25) is 0 Å². The second-order valence-electron chi connectivity index (χ2n) is 2.93. The molecule has 1 aromatic carbocycles. The van der Waals surface area contributed by atoms with Crippen LogP contribution in [0.2, 0.25) is 0 Å². The highest BCUT2D eigenvalue weighted by molar-refractivity contribution is 7.85. The number of hydrogen-bond donors (Lipinski definition) is 0. The third kappa shape index (κ3) is 3.39. The lowest BCUT2D eigenvalue weighted by molar-refractivity contribution is 1.34. The van der Waals surface area contributed by atoms with Crippen LogP contribution in [-0.2, 0) is 16.4 Å². The highest BCUT2D eigenvalue weighted by Crippen LogP contribution is 2.06. The maximum absolute atomic E-state index is 8.36. The Labute approximate surface area is 81.3 Å². The Kier molecular flexibility index (Phi) is 3.66. The molecule has 2 nitrogen and oxygen atoms in total. The number of nitriles is 1. The lowest BCUT2D eigenvalue weighted by Crippen LogP contribution is -1.92. The molecular weight excluding hydrogens is 180 g/mol. The molecule has 0 aliphatic carbocycles. The largest absolute Gasteiger partial charge is 0.212 e. The predicted octanol–water partition coefficient (Wildman–Crippen LogP) is 2.41. The van der Waals surface area contributed by atoms with Crippen LogP contribution in [0.3, 0.4) is 0 Å². The SMILES string of the molecule is Cc1cccc(CS(C)=NC#N)c1. The highest BCUT2D eigenvalue weighted by atomic mass is 32.2. The van der Waals surface area contributed by atoms with Crippen molar-refractivity contribution in [2.75, 3.05) is 6.26 Å². The van der Waals surface area contributed by atoms with E-state index < -0.39 is 0 Å². The van der Waals surface area contributed by atoms with Crippen molar-refractivity contribution in [1.29, 1.82) is 5.26 Å². The van der Waals surface area contributed by atoms with E-state index in [9.17, 15) is 0 Å². The van der Waals surface area contributed by atoms with E-state index in [0.29, 0.717) is 0 Å². The standard InChI is InChI=1S/C10H12N2S/c1-9-4-3-5-10(6-9)7-13(2)12-8-11/h3-6H,7H2,1-2H3. The lowest BCUT2D eigenvalue weighted by atomic mass is 10.2. The Bertz CT molecular complexity index is 363. The second-order valence-corrected chi connectivity index (χ2v) is 4.60. The van der Waals surface area contributed by atoms with Crippen molar-refractivity contribution >= 4 is 10.7 Å². The first-order valence-electron chi connectivity index (χ1n) is 4.00. The molecule has 0 bridgehead atoms. The molecule has 0 radical (unpaired) electrons. The first kappa shape index (κ1) is 9.94. The molecule has 13 heavy (non-hydrogen) atoms. The lowest BCUT2D eigenvalue weighted by Gasteiger charge is -2.01. The number of benzene rings is 1. The summed E-state index contributed by atoms with van der Waals surface area (Å²) in [5.41, 5.74) is 2.51. The zero-order chi connectivity index (χ0) is 9.68. The molecular formula is C10H12N2S. The van der Waals surface area contributed by atoms with E-state index in [1.54, 1.807) is 0 Å². The van der Waals surface area contributed by atoms with Gasteiger partial charge in [0.05, 0.1) is 0 Å². The van der Waals surface area contributed by atoms with Crippen LogP contribution in [0, 0.1) is 18.4 Å². The van der Waals surface area contributed by atoms with Gasteiger partial charge in [-0.05, 0) is 18.7 Å². The van der Waals surface area contributed by atoms with E-state index >= 15 is 0 Å². The van der Waals surface area contributed by atoms with Crippen molar-refractivity contribution in [3.8, 4) is 6.19 Å². The fourth-order valence-electron chi connectivity index (χ4n) is 1.15. The summed E-state index contributed by atoms with van der Waals surface area (Å²) in [6, 6.07) is 8.31. The van der Waals surface area contributed by atoms with Crippen molar-refractivity contribution in [2.45, 2.75) is 12.7 Å². The van der Waals surface area contributed by atoms with Gasteiger partial charge in [0.15, 0.2) is 0 Å². The maximum atomic E-state index is 8.36. The van der Waals surface area contributed by atoms with E-state index in [2.05, 4.69) is 29.5 Å². The van der Waals surface area contributed by atoms with Gasteiger partial charge in [0, 0.05) is 5.75 Å². The summed E-state index contributed by atoms with van der Waals surface area (Å²) >= 11 is 0. The number of nitrogens with zero attached hydrogens (tertiary/aromatic N) is 2. The predicted molar refractivity (Wildman–Crippen MR) is 56.2 cm³/mol. The van der Waals surface area contributed by atoms with Crippen LogP contribution in [0.4, 0.5) is 0 Å². The minimum absolute atomic E-state index is 0.165. The van der Waals surface area contributed by atoms with Gasteiger partial charge >= 0.3 is 0 Å². The molecule has 0 amide bonds. The van der Waals surface area contributed by atoms with Gasteiger partial charge in [-0.25, -0.2) is 0 Å². The van der Waals surface area contributed by atoms with Crippen molar-refractivity contribution in [2.24, 2.45) is 4.36 Å². The zero-order valence-electron chi connectivity index (χ0n) is 7.82. The van der Waals surface area contributed by atoms with E-state index in [-0.39, 0.29) is 10.7 Å². The maximum Gasteiger partial charge on any atom is 0.212 e. The quantitative estimate of drug-likeness (QED) is 0.663. The third-order valence-electron chi connectivity index (χ3n) is 1.65. The molecule has 1 aromatic rings. The number of hydrogen-bond acceptors (Lipinski definition) is 2. The fraction of sp³-hybridized carbons (Fsp3) is 0.300.